The van der Waals surface area contributed by atoms with Crippen LogP contribution in [0.1, 0.15) is 170 Å². The van der Waals surface area contributed by atoms with Crippen molar-refractivity contribution < 1.29 is 62.6 Å². The molecular formula is C64H114N10O13. The number of rotatable bonds is 17. The minimum absolute atomic E-state index is 0.0192. The molecule has 0 bridgehead atoms. The molecule has 23 heteroatoms. The second-order valence-electron chi connectivity index (χ2n) is 27.0. The van der Waals surface area contributed by atoms with Crippen molar-refractivity contribution in [3.63, 3.8) is 0 Å². The summed E-state index contributed by atoms with van der Waals surface area (Å²) >= 11 is 0. The zero-order valence-electron chi connectivity index (χ0n) is 57.3. The molecule has 0 aliphatic carbocycles. The highest BCUT2D eigenvalue weighted by molar-refractivity contribution is 5.99. The fourth-order valence-corrected chi connectivity index (χ4v) is 10.8. The summed E-state index contributed by atoms with van der Waals surface area (Å²) in [4.78, 5) is 168. The summed E-state index contributed by atoms with van der Waals surface area (Å²) in [7, 11) is 8.39. The Morgan fingerprint density at radius 1 is 0.483 bits per heavy atom. The second-order valence-corrected chi connectivity index (χ2v) is 27.0. The maximum atomic E-state index is 15.1. The van der Waals surface area contributed by atoms with Gasteiger partial charge in [-0.1, -0.05) is 123 Å². The number of amides is 10. The third-order valence-corrected chi connectivity index (χ3v) is 16.0. The molecule has 0 radical (unpaired) electrons. The average Bonchev–Trinajstić information content (AvgIpc) is 3.59. The molecule has 1 heterocycles. The number of cyclic esters (lactones) is 1. The third-order valence-electron chi connectivity index (χ3n) is 16.0. The molecule has 0 unspecified atom stereocenters. The summed E-state index contributed by atoms with van der Waals surface area (Å²) in [5.41, 5.74) is 0. The number of carbonyl (C=O) groups excluding carboxylic acids is 11. The van der Waals surface area contributed by atoms with Gasteiger partial charge in [0.25, 0.3) is 5.91 Å². The van der Waals surface area contributed by atoms with Crippen LogP contribution in [0.25, 0.3) is 0 Å². The molecule has 0 aromatic heterocycles. The second kappa shape index (κ2) is 36.4. The number of aliphatic hydroxyl groups excluding tert-OH is 1. The van der Waals surface area contributed by atoms with Crippen molar-refractivity contribution in [3.8, 4) is 0 Å². The fraction of sp³-hybridized carbons (Fsp3) is 0.797. The topological polar surface area (TPSA) is 285 Å². The van der Waals surface area contributed by atoms with Crippen molar-refractivity contribution in [2.24, 2.45) is 47.3 Å². The highest BCUT2D eigenvalue weighted by atomic mass is 16.6. The minimum Gasteiger partial charge on any atom is -0.450 e. The van der Waals surface area contributed by atoms with E-state index in [1.54, 1.807) is 60.6 Å². The molecule has 87 heavy (non-hydrogen) atoms. The lowest BCUT2D eigenvalue weighted by Crippen LogP contribution is -2.63. The van der Waals surface area contributed by atoms with Crippen LogP contribution in [0.3, 0.4) is 0 Å². The molecule has 0 spiro atoms. The van der Waals surface area contributed by atoms with Crippen molar-refractivity contribution in [2.45, 2.75) is 236 Å². The van der Waals surface area contributed by atoms with E-state index in [0.717, 1.165) is 9.80 Å². The Morgan fingerprint density at radius 3 is 1.28 bits per heavy atom. The molecule has 10 amide bonds. The van der Waals surface area contributed by atoms with E-state index >= 15 is 4.79 Å². The quantitative estimate of drug-likeness (QED) is 0.100. The van der Waals surface area contributed by atoms with Crippen molar-refractivity contribution >= 4 is 65.0 Å². The monoisotopic (exact) mass is 1230 g/mol. The van der Waals surface area contributed by atoms with Crippen LogP contribution in [0.2, 0.25) is 0 Å². The predicted molar refractivity (Wildman–Crippen MR) is 336 cm³/mol. The molecule has 12 atom stereocenters. The van der Waals surface area contributed by atoms with Gasteiger partial charge in [-0.15, -0.1) is 0 Å². The van der Waals surface area contributed by atoms with E-state index in [4.69, 9.17) is 4.74 Å². The van der Waals surface area contributed by atoms with Crippen LogP contribution in [0.15, 0.2) is 12.2 Å². The van der Waals surface area contributed by atoms with E-state index in [2.05, 4.69) is 21.3 Å². The number of hydrogen-bond acceptors (Lipinski definition) is 13. The van der Waals surface area contributed by atoms with Crippen LogP contribution in [-0.4, -0.2) is 215 Å². The van der Waals surface area contributed by atoms with Crippen LogP contribution in [0, 0.1) is 47.3 Å². The van der Waals surface area contributed by atoms with Crippen LogP contribution >= 0.6 is 0 Å². The Bertz CT molecular complexity index is 2360. The van der Waals surface area contributed by atoms with Gasteiger partial charge in [0.05, 0.1) is 12.6 Å². The number of esters is 1. The lowest BCUT2D eigenvalue weighted by Gasteiger charge is -2.40. The van der Waals surface area contributed by atoms with Crippen molar-refractivity contribution in [3.05, 3.63) is 12.2 Å². The van der Waals surface area contributed by atoms with E-state index < -0.39 is 156 Å². The molecule has 1 fully saturated rings. The third kappa shape index (κ3) is 23.4. The Kier molecular flexibility index (Phi) is 33.0. The van der Waals surface area contributed by atoms with E-state index in [9.17, 15) is 53.1 Å². The van der Waals surface area contributed by atoms with Gasteiger partial charge in [0.15, 0.2) is 6.10 Å². The Labute approximate surface area is 520 Å². The van der Waals surface area contributed by atoms with Gasteiger partial charge in [-0.3, -0.25) is 47.9 Å². The Balaban J connectivity index is 4.37. The molecule has 498 valence electrons. The number of aliphatic hydroxyl groups is 1. The first-order valence-electron chi connectivity index (χ1n) is 31.5. The summed E-state index contributed by atoms with van der Waals surface area (Å²) in [5, 5.41) is 23.3. The van der Waals surface area contributed by atoms with Gasteiger partial charge in [-0.25, -0.2) is 4.79 Å². The van der Waals surface area contributed by atoms with Gasteiger partial charge in [0, 0.05) is 42.3 Å². The SMILES string of the molecule is CC=CC[C@@H](C)[C@@H](O)[C@@H]1C(=O)N[C@H](CC)C(=O)N(C)CC(=O)N(C)[C@@H](CC(C)C)C(=O)N[C@H](CC(C)C)C(=O)N(C)[C@H](CC(C)C)C(=O)N[C@H](C)C(=O)O[C@@H](C(C)C)C(=O)N(C)[C@H](CC(C)C)C(=O)N[C@H](CC(C)C)C(=O)N(C)[C@H](C(C)C)C(=O)N1C. The van der Waals surface area contributed by atoms with E-state index in [1.807, 2.05) is 69.2 Å². The lowest BCUT2D eigenvalue weighted by atomic mass is 9.91. The number of hydrogen-bond donors (Lipinski definition) is 5. The lowest BCUT2D eigenvalue weighted by molar-refractivity contribution is -0.166. The van der Waals surface area contributed by atoms with Crippen LogP contribution in [-0.2, 0) is 57.5 Å². The molecule has 1 aliphatic heterocycles. The molecule has 1 rings (SSSR count). The normalized spacial score (nSPS) is 26.5. The standard InChI is InChI=1S/C64H114N10O13/c1-25-27-28-42(17)53(76)52-58(80)66-44(26-2)59(81)69(19)34-50(75)70(20)47(31-37(7)8)56(78)67-45(29-35(3)4)60(82)71(21)48(32-38(9)10)55(77)65-43(18)64(86)87-54(41(15)16)63(85)72(22)49(33-39(11)12)57(79)68-46(30-36(5)6)61(83)73(23)51(40(13)14)62(84)74(52)24/h25,27,35-49,51-54,76H,26,28-34H2,1-24H3,(H,65,77)(H,66,80)(H,67,78)(H,68,79)/t42-,43-,44-,45-,46-,47+,48-,49-,51-,52-,53-,54+/m1/s1. The van der Waals surface area contributed by atoms with Crippen molar-refractivity contribution in [2.75, 3.05) is 48.8 Å². The first-order valence-corrected chi connectivity index (χ1v) is 31.5. The number of nitrogens with zero attached hydrogens (tertiary/aromatic N) is 6. The van der Waals surface area contributed by atoms with Crippen LogP contribution in [0.5, 0.6) is 0 Å². The summed E-state index contributed by atoms with van der Waals surface area (Å²) < 4.78 is 5.90. The maximum Gasteiger partial charge on any atom is 0.329 e. The summed E-state index contributed by atoms with van der Waals surface area (Å²) in [6.07, 6.45) is 1.61. The fourth-order valence-electron chi connectivity index (χ4n) is 10.8. The summed E-state index contributed by atoms with van der Waals surface area (Å²) in [5.74, 6) is -10.6. The zero-order valence-corrected chi connectivity index (χ0v) is 57.3. The largest absolute Gasteiger partial charge is 0.450 e. The van der Waals surface area contributed by atoms with Gasteiger partial charge in [-0.05, 0) is 106 Å². The van der Waals surface area contributed by atoms with Crippen molar-refractivity contribution in [1.82, 2.24) is 50.7 Å². The van der Waals surface area contributed by atoms with Gasteiger partial charge in [0.2, 0.25) is 53.2 Å². The molecule has 23 nitrogen and oxygen atoms in total. The van der Waals surface area contributed by atoms with Crippen LogP contribution < -0.4 is 21.3 Å². The minimum atomic E-state index is -1.62. The summed E-state index contributed by atoms with van der Waals surface area (Å²) in [6.45, 7) is 31.3. The Hall–Kier alpha value is -6.13. The number of ether oxygens (including phenoxy) is 1. The summed E-state index contributed by atoms with van der Waals surface area (Å²) in [6, 6.07) is -11.4. The predicted octanol–water partition coefficient (Wildman–Crippen LogP) is 4.38. The highest BCUT2D eigenvalue weighted by Gasteiger charge is 2.45. The first-order chi connectivity index (χ1) is 40.2. The first kappa shape index (κ1) is 78.9. The number of nitrogens with one attached hydrogen (secondary N) is 4. The van der Waals surface area contributed by atoms with E-state index in [1.165, 1.54) is 68.8 Å². The van der Waals surface area contributed by atoms with Gasteiger partial charge < -0.3 is 60.5 Å². The van der Waals surface area contributed by atoms with Gasteiger partial charge in [-0.2, -0.15) is 0 Å². The van der Waals surface area contributed by atoms with Gasteiger partial charge >= 0.3 is 5.97 Å². The van der Waals surface area contributed by atoms with E-state index in [0.29, 0.717) is 6.42 Å². The van der Waals surface area contributed by atoms with Crippen LogP contribution in [0.4, 0.5) is 0 Å². The molecule has 1 saturated heterocycles. The zero-order chi connectivity index (χ0) is 67.4. The maximum absolute atomic E-state index is 15.1. The number of likely N-dealkylation sites (N-methyl/N-ethyl adjacent to an activating group) is 6. The Morgan fingerprint density at radius 2 is 0.874 bits per heavy atom. The highest BCUT2D eigenvalue weighted by Crippen LogP contribution is 2.25. The number of allylic oxidation sites excluding steroid dienone is 2. The van der Waals surface area contributed by atoms with Gasteiger partial charge in [0.1, 0.15) is 54.4 Å². The molecule has 0 saturated carbocycles. The molecule has 0 aromatic carbocycles. The molecule has 1 aliphatic rings. The average molecular weight is 1230 g/mol. The molecule has 0 aromatic rings. The van der Waals surface area contributed by atoms with Crippen molar-refractivity contribution in [1.29, 1.82) is 0 Å². The number of carbonyl (C=O) groups is 11. The molecular weight excluding hydrogens is 1120 g/mol. The molecule has 5 N–H and O–H groups in total. The van der Waals surface area contributed by atoms with E-state index in [-0.39, 0.29) is 68.1 Å². The smallest absolute Gasteiger partial charge is 0.329 e.